The summed E-state index contributed by atoms with van der Waals surface area (Å²) < 4.78 is 4.41. The molecule has 3 N–H and O–H groups in total. The number of ether oxygens (including phenoxy) is 1. The Hall–Kier alpha value is -2.68. The summed E-state index contributed by atoms with van der Waals surface area (Å²) in [6, 6.07) is 4.04. The average Bonchev–Trinajstić information content (AvgIpc) is 3.02. The van der Waals surface area contributed by atoms with Gasteiger partial charge in [0.25, 0.3) is 11.6 Å². The molecule has 1 aromatic carbocycles. The summed E-state index contributed by atoms with van der Waals surface area (Å²) in [5.74, 6) is -1.16. The van der Waals surface area contributed by atoms with E-state index in [1.165, 1.54) is 19.2 Å². The molecule has 0 aliphatic heterocycles. The second kappa shape index (κ2) is 8.43. The molecule has 2 rings (SSSR count). The third kappa shape index (κ3) is 4.90. The monoisotopic (exact) mass is 351 g/mol. The maximum Gasteiger partial charge on any atom is 0.325 e. The van der Waals surface area contributed by atoms with Crippen molar-refractivity contribution in [3.8, 4) is 0 Å². The van der Waals surface area contributed by atoms with Gasteiger partial charge in [-0.2, -0.15) is 0 Å². The Morgan fingerprint density at radius 1 is 1.40 bits per heavy atom. The van der Waals surface area contributed by atoms with Crippen molar-refractivity contribution in [1.29, 1.82) is 0 Å². The first-order chi connectivity index (χ1) is 11.9. The Morgan fingerprint density at radius 3 is 2.76 bits per heavy atom. The van der Waals surface area contributed by atoms with Gasteiger partial charge in [-0.15, -0.1) is 0 Å². The molecule has 0 heterocycles. The lowest BCUT2D eigenvalue weighted by Crippen LogP contribution is -2.30. The molecule has 0 aromatic heterocycles. The fourth-order valence-electron chi connectivity index (χ4n) is 2.80. The predicted molar refractivity (Wildman–Crippen MR) is 89.3 cm³/mol. The van der Waals surface area contributed by atoms with Gasteiger partial charge in [0.05, 0.1) is 18.1 Å². The van der Waals surface area contributed by atoms with Crippen LogP contribution in [-0.2, 0) is 9.53 Å². The summed E-state index contributed by atoms with van der Waals surface area (Å²) in [7, 11) is 1.20. The fourth-order valence-corrected chi connectivity index (χ4v) is 2.80. The lowest BCUT2D eigenvalue weighted by Gasteiger charge is -2.16. The number of carbonyl (C=O) groups is 2. The Balaban J connectivity index is 2.07. The van der Waals surface area contributed by atoms with E-state index in [1.54, 1.807) is 0 Å². The Kier molecular flexibility index (Phi) is 6.29. The van der Waals surface area contributed by atoms with Crippen LogP contribution in [0.15, 0.2) is 18.2 Å². The highest BCUT2D eigenvalue weighted by atomic mass is 16.6. The van der Waals surface area contributed by atoms with Gasteiger partial charge in [0, 0.05) is 24.1 Å². The Morgan fingerprint density at radius 2 is 2.16 bits per heavy atom. The van der Waals surface area contributed by atoms with E-state index in [4.69, 9.17) is 0 Å². The van der Waals surface area contributed by atoms with E-state index in [0.717, 1.165) is 25.3 Å². The number of benzene rings is 1. The van der Waals surface area contributed by atoms with E-state index >= 15 is 0 Å². The number of nitro groups is 1. The molecular formula is C16H21N3O6. The second-order valence-electron chi connectivity index (χ2n) is 5.89. The highest BCUT2D eigenvalue weighted by molar-refractivity contribution is 5.97. The van der Waals surface area contributed by atoms with Gasteiger partial charge in [-0.1, -0.05) is 6.42 Å². The van der Waals surface area contributed by atoms with Crippen molar-refractivity contribution in [2.45, 2.75) is 25.4 Å². The molecule has 1 fully saturated rings. The average molecular weight is 351 g/mol. The molecule has 0 saturated heterocycles. The molecule has 0 radical (unpaired) electrons. The first-order valence-corrected chi connectivity index (χ1v) is 7.97. The molecule has 1 aliphatic carbocycles. The summed E-state index contributed by atoms with van der Waals surface area (Å²) in [6.45, 7) is 0.110. The summed E-state index contributed by atoms with van der Waals surface area (Å²) in [5, 5.41) is 26.4. The number of nitrogens with zero attached hydrogens (tertiary/aromatic N) is 1. The van der Waals surface area contributed by atoms with Crippen molar-refractivity contribution in [2.75, 3.05) is 25.5 Å². The molecule has 0 spiro atoms. The van der Waals surface area contributed by atoms with Crippen molar-refractivity contribution in [2.24, 2.45) is 5.92 Å². The van der Waals surface area contributed by atoms with Crippen LogP contribution in [0.3, 0.4) is 0 Å². The molecule has 2 atom stereocenters. The van der Waals surface area contributed by atoms with Gasteiger partial charge in [0.2, 0.25) is 0 Å². The zero-order valence-corrected chi connectivity index (χ0v) is 13.9. The molecule has 1 amide bonds. The number of hydrogen-bond donors (Lipinski definition) is 3. The molecule has 9 heteroatoms. The number of aliphatic hydroxyl groups excluding tert-OH is 1. The van der Waals surface area contributed by atoms with Crippen molar-refractivity contribution >= 4 is 23.3 Å². The van der Waals surface area contributed by atoms with Crippen LogP contribution >= 0.6 is 0 Å². The van der Waals surface area contributed by atoms with Gasteiger partial charge < -0.3 is 20.5 Å². The van der Waals surface area contributed by atoms with Crippen molar-refractivity contribution in [1.82, 2.24) is 5.32 Å². The SMILES string of the molecule is COC(=O)CNC(=O)c1ccc(NCC2CCCC2O)c([N+](=O)[O-])c1. The highest BCUT2D eigenvalue weighted by Crippen LogP contribution is 2.29. The van der Waals surface area contributed by atoms with Crippen LogP contribution in [0.5, 0.6) is 0 Å². The van der Waals surface area contributed by atoms with Crippen LogP contribution in [0.25, 0.3) is 0 Å². The zero-order chi connectivity index (χ0) is 18.4. The number of rotatable bonds is 7. The molecule has 136 valence electrons. The number of hydrogen-bond acceptors (Lipinski definition) is 7. The van der Waals surface area contributed by atoms with Crippen LogP contribution in [0.4, 0.5) is 11.4 Å². The first kappa shape index (κ1) is 18.7. The van der Waals surface area contributed by atoms with Crippen molar-refractivity contribution < 1.29 is 24.4 Å². The molecule has 25 heavy (non-hydrogen) atoms. The van der Waals surface area contributed by atoms with Crippen LogP contribution in [-0.4, -0.2) is 48.2 Å². The lowest BCUT2D eigenvalue weighted by molar-refractivity contribution is -0.384. The minimum atomic E-state index is -0.615. The number of nitrogens with one attached hydrogen (secondary N) is 2. The number of aliphatic hydroxyl groups is 1. The van der Waals surface area contributed by atoms with Crippen LogP contribution in [0.2, 0.25) is 0 Å². The predicted octanol–water partition coefficient (Wildman–Crippen LogP) is 1.07. The van der Waals surface area contributed by atoms with E-state index in [1.807, 2.05) is 0 Å². The fraction of sp³-hybridized carbons (Fsp3) is 0.500. The Bertz CT molecular complexity index is 663. The lowest BCUT2D eigenvalue weighted by atomic mass is 10.1. The molecule has 2 unspecified atom stereocenters. The summed E-state index contributed by atoms with van der Waals surface area (Å²) >= 11 is 0. The van der Waals surface area contributed by atoms with Gasteiger partial charge in [-0.3, -0.25) is 19.7 Å². The van der Waals surface area contributed by atoms with Gasteiger partial charge in [0.1, 0.15) is 12.2 Å². The van der Waals surface area contributed by atoms with Gasteiger partial charge in [-0.25, -0.2) is 0 Å². The molecular weight excluding hydrogens is 330 g/mol. The largest absolute Gasteiger partial charge is 0.468 e. The molecule has 0 bridgehead atoms. The third-order valence-corrected chi connectivity index (χ3v) is 4.25. The van der Waals surface area contributed by atoms with Gasteiger partial charge in [-0.05, 0) is 25.0 Å². The highest BCUT2D eigenvalue weighted by Gasteiger charge is 2.26. The van der Waals surface area contributed by atoms with E-state index in [9.17, 15) is 24.8 Å². The minimum absolute atomic E-state index is 0.0580. The zero-order valence-electron chi connectivity index (χ0n) is 13.9. The third-order valence-electron chi connectivity index (χ3n) is 4.25. The summed E-state index contributed by atoms with van der Waals surface area (Å²) in [5.41, 5.74) is 0.119. The van der Waals surface area contributed by atoms with E-state index in [2.05, 4.69) is 15.4 Å². The standard InChI is InChI=1S/C16H21N3O6/c1-25-15(21)9-18-16(22)10-5-6-12(13(7-10)19(23)24)17-8-11-3-2-4-14(11)20/h5-7,11,14,17,20H,2-4,8-9H2,1H3,(H,18,22). The molecule has 9 nitrogen and oxygen atoms in total. The molecule has 1 aromatic rings. The Labute approximate surface area is 144 Å². The molecule has 1 aliphatic rings. The van der Waals surface area contributed by atoms with Crippen LogP contribution in [0.1, 0.15) is 29.6 Å². The van der Waals surface area contributed by atoms with Crippen molar-refractivity contribution in [3.05, 3.63) is 33.9 Å². The van der Waals surface area contributed by atoms with E-state index < -0.39 is 22.9 Å². The topological polar surface area (TPSA) is 131 Å². The van der Waals surface area contributed by atoms with Gasteiger partial charge >= 0.3 is 5.97 Å². The summed E-state index contributed by atoms with van der Waals surface area (Å²) in [4.78, 5) is 33.7. The number of amides is 1. The number of nitro benzene ring substituents is 1. The van der Waals surface area contributed by atoms with Gasteiger partial charge in [0.15, 0.2) is 0 Å². The van der Waals surface area contributed by atoms with Crippen molar-refractivity contribution in [3.63, 3.8) is 0 Å². The summed E-state index contributed by atoms with van der Waals surface area (Å²) in [6.07, 6.45) is 2.16. The number of methoxy groups -OCH3 is 1. The smallest absolute Gasteiger partial charge is 0.325 e. The normalized spacial score (nSPS) is 19.3. The first-order valence-electron chi connectivity index (χ1n) is 7.97. The molecule has 1 saturated carbocycles. The minimum Gasteiger partial charge on any atom is -0.468 e. The van der Waals surface area contributed by atoms with Crippen LogP contribution < -0.4 is 10.6 Å². The number of carbonyl (C=O) groups excluding carboxylic acids is 2. The maximum absolute atomic E-state index is 12.0. The second-order valence-corrected chi connectivity index (χ2v) is 5.89. The van der Waals surface area contributed by atoms with Crippen LogP contribution in [0, 0.1) is 16.0 Å². The number of esters is 1. The van der Waals surface area contributed by atoms with E-state index in [-0.39, 0.29) is 29.4 Å². The van der Waals surface area contributed by atoms with E-state index in [0.29, 0.717) is 6.54 Å². The maximum atomic E-state index is 12.0. The number of anilines is 1. The quantitative estimate of drug-likeness (QED) is 0.380.